The maximum Gasteiger partial charge on any atom is 0.137 e. The zero-order chi connectivity index (χ0) is 14.8. The third kappa shape index (κ3) is 2.88. The van der Waals surface area contributed by atoms with Gasteiger partial charge in [-0.1, -0.05) is 0 Å². The van der Waals surface area contributed by atoms with Gasteiger partial charge in [0.2, 0.25) is 0 Å². The Morgan fingerprint density at radius 2 is 2.09 bits per heavy atom. The molecule has 0 amide bonds. The van der Waals surface area contributed by atoms with Gasteiger partial charge in [0, 0.05) is 43.3 Å². The van der Waals surface area contributed by atoms with Crippen LogP contribution >= 0.6 is 0 Å². The van der Waals surface area contributed by atoms with E-state index in [9.17, 15) is 0 Å². The summed E-state index contributed by atoms with van der Waals surface area (Å²) in [6.07, 6.45) is 10.1. The lowest BCUT2D eigenvalue weighted by Crippen LogP contribution is -2.20. The number of nitrogens with one attached hydrogen (secondary N) is 1. The third-order valence-corrected chi connectivity index (χ3v) is 4.51. The fourth-order valence-electron chi connectivity index (χ4n) is 3.40. The molecule has 1 atom stereocenters. The first-order chi connectivity index (χ1) is 10.9. The summed E-state index contributed by atoms with van der Waals surface area (Å²) in [5, 5.41) is 1.21. The molecular weight excluding hydrogens is 272 g/mol. The molecule has 22 heavy (non-hydrogen) atoms. The minimum Gasteiger partial charge on any atom is -0.346 e. The molecule has 0 aromatic carbocycles. The van der Waals surface area contributed by atoms with Gasteiger partial charge in [-0.25, -0.2) is 4.98 Å². The second-order valence-corrected chi connectivity index (χ2v) is 6.21. The van der Waals surface area contributed by atoms with Gasteiger partial charge in [-0.3, -0.25) is 9.88 Å². The van der Waals surface area contributed by atoms with Gasteiger partial charge in [0.1, 0.15) is 5.65 Å². The Morgan fingerprint density at radius 1 is 1.18 bits per heavy atom. The molecule has 0 unspecified atom stereocenters. The molecule has 4 rings (SSSR count). The molecule has 1 aliphatic rings. The Hall–Kier alpha value is -2.20. The lowest BCUT2D eigenvalue weighted by Gasteiger charge is -2.16. The van der Waals surface area contributed by atoms with E-state index in [1.54, 1.807) is 0 Å². The van der Waals surface area contributed by atoms with Crippen molar-refractivity contribution < 1.29 is 0 Å². The Bertz CT molecular complexity index is 750. The van der Waals surface area contributed by atoms with Crippen LogP contribution in [-0.4, -0.2) is 32.9 Å². The topological polar surface area (TPSA) is 44.8 Å². The molecule has 4 nitrogen and oxygen atoms in total. The number of pyridine rings is 2. The second kappa shape index (κ2) is 5.89. The summed E-state index contributed by atoms with van der Waals surface area (Å²) >= 11 is 0. The fourth-order valence-corrected chi connectivity index (χ4v) is 3.40. The van der Waals surface area contributed by atoms with E-state index in [2.05, 4.69) is 44.1 Å². The molecule has 1 saturated heterocycles. The highest BCUT2D eigenvalue weighted by Gasteiger charge is 2.22. The monoisotopic (exact) mass is 292 g/mol. The Kier molecular flexibility index (Phi) is 3.60. The molecule has 3 aromatic rings. The van der Waals surface area contributed by atoms with Crippen LogP contribution in [0.25, 0.3) is 11.0 Å². The van der Waals surface area contributed by atoms with Gasteiger partial charge >= 0.3 is 0 Å². The van der Waals surface area contributed by atoms with Gasteiger partial charge in [0.15, 0.2) is 0 Å². The molecule has 0 radical (unpaired) electrons. The molecule has 3 aromatic heterocycles. The van der Waals surface area contributed by atoms with Crippen LogP contribution in [0.5, 0.6) is 0 Å². The highest BCUT2D eigenvalue weighted by atomic mass is 15.1. The van der Waals surface area contributed by atoms with Crippen LogP contribution in [0.15, 0.2) is 49.1 Å². The summed E-state index contributed by atoms with van der Waals surface area (Å²) in [5.74, 6) is 0.736. The summed E-state index contributed by atoms with van der Waals surface area (Å²) in [7, 11) is 0. The highest BCUT2D eigenvalue weighted by Crippen LogP contribution is 2.23. The summed E-state index contributed by atoms with van der Waals surface area (Å²) in [6.45, 7) is 3.40. The number of H-pyrrole nitrogens is 1. The van der Waals surface area contributed by atoms with Crippen molar-refractivity contribution in [3.63, 3.8) is 0 Å². The summed E-state index contributed by atoms with van der Waals surface area (Å²) < 4.78 is 0. The average Bonchev–Trinajstić information content (AvgIpc) is 3.17. The third-order valence-electron chi connectivity index (χ3n) is 4.51. The fraction of sp³-hybridized carbons (Fsp3) is 0.333. The van der Waals surface area contributed by atoms with Crippen LogP contribution in [0, 0.1) is 5.92 Å². The lowest BCUT2D eigenvalue weighted by molar-refractivity contribution is 0.316. The van der Waals surface area contributed by atoms with Crippen molar-refractivity contribution in [2.45, 2.75) is 19.4 Å². The van der Waals surface area contributed by atoms with Gasteiger partial charge in [0.25, 0.3) is 0 Å². The zero-order valence-corrected chi connectivity index (χ0v) is 12.6. The maximum absolute atomic E-state index is 4.49. The van der Waals surface area contributed by atoms with Gasteiger partial charge in [0.05, 0.1) is 0 Å². The molecule has 0 aliphatic carbocycles. The summed E-state index contributed by atoms with van der Waals surface area (Å²) in [5.41, 5.74) is 3.68. The maximum atomic E-state index is 4.49. The van der Waals surface area contributed by atoms with Crippen molar-refractivity contribution in [2.75, 3.05) is 13.1 Å². The van der Waals surface area contributed by atoms with Crippen molar-refractivity contribution in [2.24, 2.45) is 5.92 Å². The number of rotatable bonds is 4. The number of fused-ring (bicyclic) bond motifs is 1. The lowest BCUT2D eigenvalue weighted by atomic mass is 9.99. The van der Waals surface area contributed by atoms with E-state index in [1.807, 2.05) is 24.8 Å². The van der Waals surface area contributed by atoms with E-state index in [-0.39, 0.29) is 0 Å². The minimum atomic E-state index is 0.736. The smallest absolute Gasteiger partial charge is 0.137 e. The molecular formula is C18H20N4. The quantitative estimate of drug-likeness (QED) is 0.804. The highest BCUT2D eigenvalue weighted by molar-refractivity contribution is 5.75. The Labute approximate surface area is 130 Å². The van der Waals surface area contributed by atoms with Gasteiger partial charge in [-0.2, -0.15) is 0 Å². The molecule has 112 valence electrons. The average molecular weight is 292 g/mol. The molecule has 0 spiro atoms. The number of likely N-dealkylation sites (tertiary alicyclic amines) is 1. The van der Waals surface area contributed by atoms with E-state index >= 15 is 0 Å². The SMILES string of the molecule is c1cc(CN2CC[C@@H](Cc3cnc4[nH]ccc4c3)C2)ccn1. The largest absolute Gasteiger partial charge is 0.346 e. The minimum absolute atomic E-state index is 0.736. The van der Waals surface area contributed by atoms with Crippen LogP contribution in [-0.2, 0) is 13.0 Å². The van der Waals surface area contributed by atoms with Crippen LogP contribution in [0.4, 0.5) is 0 Å². The number of aromatic nitrogens is 3. The Morgan fingerprint density at radius 3 is 3.00 bits per heavy atom. The number of aromatic amines is 1. The molecule has 1 aliphatic heterocycles. The Balaban J connectivity index is 1.38. The van der Waals surface area contributed by atoms with Crippen molar-refractivity contribution >= 4 is 11.0 Å². The molecule has 4 heteroatoms. The standard InChI is InChI=1S/C18H20N4/c1-5-19-6-2-14(1)12-22-8-4-15(13-22)9-16-10-17-3-7-20-18(17)21-11-16/h1-3,5-7,10-11,15H,4,8-9,12-13H2,(H,20,21)/t15-/m0/s1. The molecule has 4 heterocycles. The predicted octanol–water partition coefficient (Wildman–Crippen LogP) is 3.02. The first-order valence-electron chi connectivity index (χ1n) is 7.90. The van der Waals surface area contributed by atoms with E-state index in [0.717, 1.165) is 24.5 Å². The van der Waals surface area contributed by atoms with Crippen molar-refractivity contribution in [1.82, 2.24) is 19.9 Å². The summed E-state index contributed by atoms with van der Waals surface area (Å²) in [6, 6.07) is 8.58. The van der Waals surface area contributed by atoms with E-state index in [0.29, 0.717) is 0 Å². The van der Waals surface area contributed by atoms with Gasteiger partial charge in [-0.05, 0) is 60.7 Å². The molecule has 0 bridgehead atoms. The van der Waals surface area contributed by atoms with Crippen LogP contribution in [0.1, 0.15) is 17.5 Å². The first kappa shape index (κ1) is 13.5. The normalized spacial score (nSPS) is 19.0. The van der Waals surface area contributed by atoms with Gasteiger partial charge in [-0.15, -0.1) is 0 Å². The molecule has 0 saturated carbocycles. The zero-order valence-electron chi connectivity index (χ0n) is 12.6. The van der Waals surface area contributed by atoms with E-state index < -0.39 is 0 Å². The van der Waals surface area contributed by atoms with Crippen LogP contribution in [0.2, 0.25) is 0 Å². The molecule has 1 fully saturated rings. The van der Waals surface area contributed by atoms with Gasteiger partial charge < -0.3 is 4.98 Å². The number of hydrogen-bond donors (Lipinski definition) is 1. The molecule has 1 N–H and O–H groups in total. The van der Waals surface area contributed by atoms with Crippen molar-refractivity contribution in [1.29, 1.82) is 0 Å². The van der Waals surface area contributed by atoms with Crippen LogP contribution < -0.4 is 0 Å². The van der Waals surface area contributed by atoms with Crippen molar-refractivity contribution in [3.05, 3.63) is 60.2 Å². The van der Waals surface area contributed by atoms with E-state index in [4.69, 9.17) is 0 Å². The van der Waals surface area contributed by atoms with E-state index in [1.165, 1.54) is 36.0 Å². The first-order valence-corrected chi connectivity index (χ1v) is 7.90. The number of hydrogen-bond acceptors (Lipinski definition) is 3. The van der Waals surface area contributed by atoms with Crippen LogP contribution in [0.3, 0.4) is 0 Å². The predicted molar refractivity (Wildman–Crippen MR) is 87.4 cm³/mol. The summed E-state index contributed by atoms with van der Waals surface area (Å²) in [4.78, 5) is 14.3. The van der Waals surface area contributed by atoms with Crippen molar-refractivity contribution in [3.8, 4) is 0 Å². The second-order valence-electron chi connectivity index (χ2n) is 6.21. The number of nitrogens with zero attached hydrogens (tertiary/aromatic N) is 3.